The number of fused-ring (bicyclic) bond motifs is 7. The van der Waals surface area contributed by atoms with Gasteiger partial charge in [0, 0.05) is 5.41 Å². The van der Waals surface area contributed by atoms with Crippen LogP contribution in [-0.2, 0) is 9.53 Å². The van der Waals surface area contributed by atoms with Crippen LogP contribution in [0, 0.1) is 28.6 Å². The third-order valence-electron chi connectivity index (χ3n) is 9.03. The maximum absolute atomic E-state index is 12.4. The van der Waals surface area contributed by atoms with Crippen molar-refractivity contribution >= 4 is 5.78 Å². The number of aliphatic hydroxyl groups excluding tert-OH is 1. The van der Waals surface area contributed by atoms with Gasteiger partial charge in [-0.3, -0.25) is 4.79 Å². The summed E-state index contributed by atoms with van der Waals surface area (Å²) in [6, 6.07) is 0. The van der Waals surface area contributed by atoms with E-state index in [2.05, 4.69) is 19.9 Å². The molecule has 4 fully saturated rings. The maximum atomic E-state index is 12.4. The van der Waals surface area contributed by atoms with Gasteiger partial charge in [-0.1, -0.05) is 25.5 Å². The van der Waals surface area contributed by atoms with Gasteiger partial charge < -0.3 is 9.84 Å². The number of Topliss-reactive ketones (excluding diaryl/α,β-unsaturated/α-hetero) is 1. The molecule has 3 nitrogen and oxygen atoms in total. The number of carbonyl (C=O) groups excluding carboxylic acids is 1. The van der Waals surface area contributed by atoms with E-state index in [0.29, 0.717) is 11.8 Å². The average Bonchev–Trinajstić information content (AvgIpc) is 3.21. The molecule has 8 atom stereocenters. The van der Waals surface area contributed by atoms with Gasteiger partial charge in [0.15, 0.2) is 11.4 Å². The number of allylic oxidation sites excluding steroid dienone is 1. The Kier molecular flexibility index (Phi) is 2.94. The van der Waals surface area contributed by atoms with Crippen LogP contribution in [0.2, 0.25) is 0 Å². The number of ketones is 1. The van der Waals surface area contributed by atoms with Gasteiger partial charge in [0.05, 0.1) is 12.2 Å². The summed E-state index contributed by atoms with van der Waals surface area (Å²) in [6.45, 7) is 6.54. The zero-order chi connectivity index (χ0) is 16.9. The smallest absolute Gasteiger partial charge is 0.164 e. The molecule has 1 heterocycles. The fraction of sp³-hybridized carbons (Fsp3) is 0.857. The predicted molar refractivity (Wildman–Crippen MR) is 91.4 cm³/mol. The summed E-state index contributed by atoms with van der Waals surface area (Å²) in [7, 11) is 0. The molecule has 0 aromatic carbocycles. The summed E-state index contributed by atoms with van der Waals surface area (Å²) in [6.07, 6.45) is 10.0. The van der Waals surface area contributed by atoms with Crippen LogP contribution in [0.25, 0.3) is 0 Å². The van der Waals surface area contributed by atoms with Crippen LogP contribution in [0.3, 0.4) is 0 Å². The molecule has 1 aliphatic heterocycles. The Morgan fingerprint density at radius 1 is 1.25 bits per heavy atom. The van der Waals surface area contributed by atoms with Crippen molar-refractivity contribution in [1.29, 1.82) is 0 Å². The number of rotatable bonds is 1. The van der Waals surface area contributed by atoms with Crippen molar-refractivity contribution < 1.29 is 14.6 Å². The minimum atomic E-state index is -0.448. The van der Waals surface area contributed by atoms with Crippen LogP contribution in [0.1, 0.15) is 65.7 Å². The van der Waals surface area contributed by atoms with Crippen LogP contribution in [0.4, 0.5) is 0 Å². The monoisotopic (exact) mass is 330 g/mol. The highest BCUT2D eigenvalue weighted by Gasteiger charge is 2.79. The van der Waals surface area contributed by atoms with Gasteiger partial charge >= 0.3 is 0 Å². The molecule has 6 unspecified atom stereocenters. The highest BCUT2D eigenvalue weighted by molar-refractivity contribution is 5.90. The Bertz CT molecular complexity index is 639. The van der Waals surface area contributed by atoms with Crippen molar-refractivity contribution in [3.05, 3.63) is 11.6 Å². The summed E-state index contributed by atoms with van der Waals surface area (Å²) in [5.41, 5.74) is 1.39. The lowest BCUT2D eigenvalue weighted by Crippen LogP contribution is -2.54. The largest absolute Gasteiger partial charge is 0.393 e. The summed E-state index contributed by atoms with van der Waals surface area (Å²) >= 11 is 0. The zero-order valence-corrected chi connectivity index (χ0v) is 15.2. The van der Waals surface area contributed by atoms with Crippen LogP contribution in [0.5, 0.6) is 0 Å². The van der Waals surface area contributed by atoms with E-state index in [1.807, 2.05) is 0 Å². The van der Waals surface area contributed by atoms with E-state index < -0.39 is 5.60 Å². The van der Waals surface area contributed by atoms with Gasteiger partial charge in [-0.05, 0) is 75.0 Å². The normalized spacial score (nSPS) is 58.0. The molecule has 5 aliphatic rings. The third kappa shape index (κ3) is 1.60. The summed E-state index contributed by atoms with van der Waals surface area (Å²) in [4.78, 5) is 12.4. The van der Waals surface area contributed by atoms with Crippen LogP contribution in [0.15, 0.2) is 11.6 Å². The molecule has 3 saturated carbocycles. The number of carbonyl (C=O) groups is 1. The minimum Gasteiger partial charge on any atom is -0.393 e. The summed E-state index contributed by atoms with van der Waals surface area (Å²) < 4.78 is 6.00. The summed E-state index contributed by atoms with van der Waals surface area (Å²) in [5, 5.41) is 10.1. The molecule has 24 heavy (non-hydrogen) atoms. The van der Waals surface area contributed by atoms with Crippen LogP contribution in [-0.4, -0.2) is 28.7 Å². The Balaban J connectivity index is 1.51. The van der Waals surface area contributed by atoms with Gasteiger partial charge in [-0.15, -0.1) is 0 Å². The number of aliphatic hydroxyl groups is 1. The number of ether oxygens (including phenoxy) is 1. The quantitative estimate of drug-likeness (QED) is 0.590. The van der Waals surface area contributed by atoms with Crippen molar-refractivity contribution in [2.24, 2.45) is 28.6 Å². The molecule has 0 aromatic rings. The van der Waals surface area contributed by atoms with Crippen molar-refractivity contribution in [2.75, 3.05) is 0 Å². The van der Waals surface area contributed by atoms with E-state index in [0.717, 1.165) is 44.4 Å². The van der Waals surface area contributed by atoms with Crippen molar-refractivity contribution in [1.82, 2.24) is 0 Å². The molecule has 0 bridgehead atoms. The fourth-order valence-electron chi connectivity index (χ4n) is 7.71. The SMILES string of the molecule is CC(=O)C12OC1C[C@H]1C3CC=C4CC(O)CCC4(C)[C@H]3CCC12C. The Labute approximate surface area is 144 Å². The van der Waals surface area contributed by atoms with Gasteiger partial charge in [-0.2, -0.15) is 0 Å². The van der Waals surface area contributed by atoms with Gasteiger partial charge in [0.25, 0.3) is 0 Å². The van der Waals surface area contributed by atoms with Gasteiger partial charge in [-0.25, -0.2) is 0 Å². The average molecular weight is 330 g/mol. The lowest BCUT2D eigenvalue weighted by atomic mass is 9.47. The third-order valence-corrected chi connectivity index (χ3v) is 9.03. The number of hydrogen-bond acceptors (Lipinski definition) is 3. The Hall–Kier alpha value is -0.670. The van der Waals surface area contributed by atoms with E-state index in [4.69, 9.17) is 4.74 Å². The van der Waals surface area contributed by atoms with E-state index in [-0.39, 0.29) is 28.8 Å². The minimum absolute atomic E-state index is 0.0422. The molecular formula is C21H30O3. The highest BCUT2D eigenvalue weighted by atomic mass is 16.6. The second-order valence-corrected chi connectivity index (χ2v) is 9.75. The topological polar surface area (TPSA) is 49.8 Å². The highest BCUT2D eigenvalue weighted by Crippen LogP contribution is 2.73. The predicted octanol–water partition coefficient (Wildman–Crippen LogP) is 3.65. The van der Waals surface area contributed by atoms with Crippen molar-refractivity contribution in [3.63, 3.8) is 0 Å². The van der Waals surface area contributed by atoms with Crippen molar-refractivity contribution in [3.8, 4) is 0 Å². The van der Waals surface area contributed by atoms with Gasteiger partial charge in [0.2, 0.25) is 0 Å². The van der Waals surface area contributed by atoms with Gasteiger partial charge in [0.1, 0.15) is 0 Å². The van der Waals surface area contributed by atoms with E-state index >= 15 is 0 Å². The lowest BCUT2D eigenvalue weighted by molar-refractivity contribution is -0.135. The molecule has 0 spiro atoms. The second kappa shape index (κ2) is 4.54. The first-order valence-corrected chi connectivity index (χ1v) is 9.89. The second-order valence-electron chi connectivity index (χ2n) is 9.75. The molecule has 5 rings (SSSR count). The molecule has 132 valence electrons. The molecule has 0 radical (unpaired) electrons. The first-order valence-electron chi connectivity index (χ1n) is 9.89. The molecule has 0 amide bonds. The number of hydrogen-bond donors (Lipinski definition) is 1. The van der Waals surface area contributed by atoms with E-state index in [9.17, 15) is 9.90 Å². The Morgan fingerprint density at radius 2 is 2.04 bits per heavy atom. The zero-order valence-electron chi connectivity index (χ0n) is 15.2. The van der Waals surface area contributed by atoms with E-state index in [1.54, 1.807) is 6.92 Å². The maximum Gasteiger partial charge on any atom is 0.164 e. The Morgan fingerprint density at radius 3 is 2.79 bits per heavy atom. The first kappa shape index (κ1) is 15.6. The van der Waals surface area contributed by atoms with Crippen LogP contribution >= 0.6 is 0 Å². The molecule has 4 aliphatic carbocycles. The molecule has 1 N–H and O–H groups in total. The fourth-order valence-corrected chi connectivity index (χ4v) is 7.71. The molecule has 3 heteroatoms. The first-order chi connectivity index (χ1) is 11.3. The lowest BCUT2D eigenvalue weighted by Gasteiger charge is -2.58. The number of epoxide rings is 1. The molecule has 1 saturated heterocycles. The molecule has 0 aromatic heterocycles. The van der Waals surface area contributed by atoms with E-state index in [1.165, 1.54) is 12.0 Å². The summed E-state index contributed by atoms with van der Waals surface area (Å²) in [5.74, 6) is 2.31. The standard InChI is InChI=1S/C21H30O3/c1-12(22)21-18(24-21)11-17-15-5-4-13-10-14(23)6-8-19(13,2)16(15)7-9-20(17,21)3/h4,14-18,23H,5-11H2,1-3H3/t14?,15?,16-,17-,18?,19?,20?,21?/m0/s1. The molecular weight excluding hydrogens is 300 g/mol. The van der Waals surface area contributed by atoms with Crippen LogP contribution < -0.4 is 0 Å². The van der Waals surface area contributed by atoms with Crippen molar-refractivity contribution in [2.45, 2.75) is 83.5 Å².